The highest BCUT2D eigenvalue weighted by molar-refractivity contribution is 9.10. The lowest BCUT2D eigenvalue weighted by atomic mass is 10.1. The summed E-state index contributed by atoms with van der Waals surface area (Å²) in [5.41, 5.74) is 3.27. The van der Waals surface area contributed by atoms with Crippen molar-refractivity contribution >= 4 is 50.8 Å². The minimum Gasteiger partial charge on any atom is -0.273 e. The third-order valence-electron chi connectivity index (χ3n) is 4.49. The zero-order valence-corrected chi connectivity index (χ0v) is 18.2. The molecule has 5 nitrogen and oxygen atoms in total. The number of carbonyl (C=O) groups is 1. The summed E-state index contributed by atoms with van der Waals surface area (Å²) in [5.74, 6) is 0.534. The molecular formula is C21H15BrCl2N4O. The van der Waals surface area contributed by atoms with Crippen LogP contribution in [0.3, 0.4) is 0 Å². The predicted octanol–water partition coefficient (Wildman–Crippen LogP) is 5.39. The standard InChI is InChI=1S/C21H15BrCl2N4O/c22-15-11-25-21(26-12-15)14-3-1-2-13(8-14)9-20(29)28-7-6-19(27-28)17-10-16(23)4-5-18(17)24/h1-5,8,10-12H,6-7,9H2. The summed E-state index contributed by atoms with van der Waals surface area (Å²) in [5, 5.41) is 7.13. The lowest BCUT2D eigenvalue weighted by molar-refractivity contribution is -0.130. The summed E-state index contributed by atoms with van der Waals surface area (Å²) >= 11 is 15.7. The van der Waals surface area contributed by atoms with Crippen molar-refractivity contribution in [2.75, 3.05) is 6.54 Å². The molecular weight excluding hydrogens is 475 g/mol. The fourth-order valence-corrected chi connectivity index (χ4v) is 3.70. The Bertz CT molecular complexity index is 1100. The molecule has 0 unspecified atom stereocenters. The van der Waals surface area contributed by atoms with E-state index in [1.54, 1.807) is 30.6 Å². The molecule has 0 atom stereocenters. The van der Waals surface area contributed by atoms with Gasteiger partial charge in [-0.25, -0.2) is 15.0 Å². The molecule has 1 amide bonds. The van der Waals surface area contributed by atoms with Gasteiger partial charge in [0.2, 0.25) is 5.91 Å². The third kappa shape index (κ3) is 4.66. The number of aromatic nitrogens is 2. The van der Waals surface area contributed by atoms with E-state index in [2.05, 4.69) is 31.0 Å². The summed E-state index contributed by atoms with van der Waals surface area (Å²) in [6.45, 7) is 0.520. The van der Waals surface area contributed by atoms with Crippen molar-refractivity contribution in [1.29, 1.82) is 0 Å². The Morgan fingerprint density at radius 2 is 1.90 bits per heavy atom. The van der Waals surface area contributed by atoms with Crippen LogP contribution in [0.1, 0.15) is 17.5 Å². The van der Waals surface area contributed by atoms with Crippen molar-refractivity contribution in [2.45, 2.75) is 12.8 Å². The highest BCUT2D eigenvalue weighted by Crippen LogP contribution is 2.25. The molecule has 1 aliphatic rings. The van der Waals surface area contributed by atoms with Crippen LogP contribution < -0.4 is 0 Å². The Labute approximate surface area is 186 Å². The lowest BCUT2D eigenvalue weighted by Crippen LogP contribution is -2.25. The Balaban J connectivity index is 1.50. The van der Waals surface area contributed by atoms with Crippen LogP contribution in [-0.2, 0) is 11.2 Å². The van der Waals surface area contributed by atoms with Gasteiger partial charge in [-0.05, 0) is 45.8 Å². The van der Waals surface area contributed by atoms with Gasteiger partial charge in [-0.1, -0.05) is 41.4 Å². The van der Waals surface area contributed by atoms with Crippen LogP contribution in [0.15, 0.2) is 64.4 Å². The maximum atomic E-state index is 12.8. The molecule has 146 valence electrons. The smallest absolute Gasteiger partial charge is 0.247 e. The number of nitrogens with zero attached hydrogens (tertiary/aromatic N) is 4. The Morgan fingerprint density at radius 1 is 1.10 bits per heavy atom. The average molecular weight is 490 g/mol. The number of rotatable bonds is 4. The first-order chi connectivity index (χ1) is 14.0. The maximum Gasteiger partial charge on any atom is 0.247 e. The van der Waals surface area contributed by atoms with E-state index in [-0.39, 0.29) is 12.3 Å². The van der Waals surface area contributed by atoms with E-state index >= 15 is 0 Å². The summed E-state index contributed by atoms with van der Waals surface area (Å²) in [6, 6.07) is 12.9. The summed E-state index contributed by atoms with van der Waals surface area (Å²) in [6.07, 6.45) is 4.27. The van der Waals surface area contributed by atoms with E-state index in [0.29, 0.717) is 28.8 Å². The second kappa shape index (κ2) is 8.61. The molecule has 4 rings (SSSR count). The monoisotopic (exact) mass is 488 g/mol. The Hall–Kier alpha value is -2.28. The van der Waals surface area contributed by atoms with Crippen molar-refractivity contribution in [3.63, 3.8) is 0 Å². The van der Waals surface area contributed by atoms with Crippen LogP contribution in [0.5, 0.6) is 0 Å². The molecule has 1 aromatic heterocycles. The number of carbonyl (C=O) groups excluding carboxylic acids is 1. The second-order valence-corrected chi connectivity index (χ2v) is 8.30. The topological polar surface area (TPSA) is 58.5 Å². The van der Waals surface area contributed by atoms with E-state index < -0.39 is 0 Å². The minimum absolute atomic E-state index is 0.0768. The minimum atomic E-state index is -0.0768. The molecule has 2 aromatic carbocycles. The van der Waals surface area contributed by atoms with Crippen molar-refractivity contribution in [2.24, 2.45) is 5.10 Å². The first-order valence-electron chi connectivity index (χ1n) is 8.90. The number of benzene rings is 2. The number of amides is 1. The molecule has 0 saturated carbocycles. The first kappa shape index (κ1) is 20.0. The van der Waals surface area contributed by atoms with Crippen LogP contribution >= 0.6 is 39.1 Å². The van der Waals surface area contributed by atoms with Gasteiger partial charge < -0.3 is 0 Å². The number of halogens is 3. The number of hydrazone groups is 1. The second-order valence-electron chi connectivity index (χ2n) is 6.54. The van der Waals surface area contributed by atoms with Gasteiger partial charge in [0.1, 0.15) is 0 Å². The Kier molecular flexibility index (Phi) is 5.94. The van der Waals surface area contributed by atoms with Gasteiger partial charge in [-0.3, -0.25) is 4.79 Å². The van der Waals surface area contributed by atoms with E-state index in [9.17, 15) is 4.79 Å². The van der Waals surface area contributed by atoms with E-state index in [1.807, 2.05) is 24.3 Å². The van der Waals surface area contributed by atoms with Gasteiger partial charge in [0, 0.05) is 40.0 Å². The highest BCUT2D eigenvalue weighted by atomic mass is 79.9. The molecule has 3 aromatic rings. The van der Waals surface area contributed by atoms with Crippen LogP contribution in [0.2, 0.25) is 10.0 Å². The van der Waals surface area contributed by atoms with Crippen LogP contribution in [0.25, 0.3) is 11.4 Å². The molecule has 0 aliphatic carbocycles. The molecule has 29 heavy (non-hydrogen) atoms. The lowest BCUT2D eigenvalue weighted by Gasteiger charge is -2.12. The molecule has 0 bridgehead atoms. The number of hydrogen-bond acceptors (Lipinski definition) is 4. The normalized spacial score (nSPS) is 13.5. The number of hydrogen-bond donors (Lipinski definition) is 0. The molecule has 0 saturated heterocycles. The zero-order chi connectivity index (χ0) is 20.4. The summed E-state index contributed by atoms with van der Waals surface area (Å²) < 4.78 is 0.815. The largest absolute Gasteiger partial charge is 0.273 e. The van der Waals surface area contributed by atoms with E-state index in [1.165, 1.54) is 5.01 Å². The van der Waals surface area contributed by atoms with Gasteiger partial charge >= 0.3 is 0 Å². The van der Waals surface area contributed by atoms with Crippen molar-refractivity contribution < 1.29 is 4.79 Å². The molecule has 0 radical (unpaired) electrons. The van der Waals surface area contributed by atoms with Crippen LogP contribution in [-0.4, -0.2) is 33.1 Å². The predicted molar refractivity (Wildman–Crippen MR) is 118 cm³/mol. The molecule has 0 N–H and O–H groups in total. The quantitative estimate of drug-likeness (QED) is 0.493. The maximum absolute atomic E-state index is 12.8. The van der Waals surface area contributed by atoms with Gasteiger partial charge in [0.25, 0.3) is 0 Å². The fraction of sp³-hybridized carbons (Fsp3) is 0.143. The highest BCUT2D eigenvalue weighted by Gasteiger charge is 2.23. The van der Waals surface area contributed by atoms with Crippen molar-refractivity contribution in [1.82, 2.24) is 15.0 Å². The molecule has 0 spiro atoms. The van der Waals surface area contributed by atoms with Gasteiger partial charge in [0.15, 0.2) is 5.82 Å². The molecule has 8 heteroatoms. The van der Waals surface area contributed by atoms with E-state index in [4.69, 9.17) is 23.2 Å². The van der Waals surface area contributed by atoms with Crippen molar-refractivity contribution in [3.05, 3.63) is 80.5 Å². The van der Waals surface area contributed by atoms with Gasteiger partial charge in [-0.15, -0.1) is 0 Å². The molecule has 0 fully saturated rings. The van der Waals surface area contributed by atoms with Gasteiger partial charge in [0.05, 0.1) is 23.1 Å². The molecule has 1 aliphatic heterocycles. The first-order valence-corrected chi connectivity index (χ1v) is 10.4. The van der Waals surface area contributed by atoms with Crippen LogP contribution in [0.4, 0.5) is 0 Å². The third-order valence-corrected chi connectivity index (χ3v) is 5.46. The SMILES string of the molecule is O=C(Cc1cccc(-c2ncc(Br)cn2)c1)N1CCC(c2cc(Cl)ccc2Cl)=N1. The fourth-order valence-electron chi connectivity index (χ4n) is 3.09. The average Bonchev–Trinajstić information content (AvgIpc) is 3.21. The van der Waals surface area contributed by atoms with Crippen molar-refractivity contribution in [3.8, 4) is 11.4 Å². The summed E-state index contributed by atoms with van der Waals surface area (Å²) in [7, 11) is 0. The summed E-state index contributed by atoms with van der Waals surface area (Å²) in [4.78, 5) is 21.4. The Morgan fingerprint density at radius 3 is 2.69 bits per heavy atom. The van der Waals surface area contributed by atoms with Crippen LogP contribution in [0, 0.1) is 0 Å². The van der Waals surface area contributed by atoms with Gasteiger partial charge in [-0.2, -0.15) is 5.10 Å². The van der Waals surface area contributed by atoms with E-state index in [0.717, 1.165) is 26.9 Å². The molecule has 2 heterocycles. The zero-order valence-electron chi connectivity index (χ0n) is 15.1.